The molecular formula is C12H11Cl4NSi2. The van der Waals surface area contributed by atoms with Gasteiger partial charge >= 0.3 is 6.00 Å². The van der Waals surface area contributed by atoms with Gasteiger partial charge in [-0.2, -0.15) is 11.1 Å². The number of hydrogen-bond donors (Lipinski definition) is 1. The average Bonchev–Trinajstić information content (AvgIpc) is 2.39. The van der Waals surface area contributed by atoms with E-state index in [2.05, 4.69) is 5.32 Å². The van der Waals surface area contributed by atoms with E-state index in [0.717, 1.165) is 16.6 Å². The van der Waals surface area contributed by atoms with Gasteiger partial charge in [0, 0.05) is 11.4 Å². The predicted octanol–water partition coefficient (Wildman–Crippen LogP) is 3.24. The van der Waals surface area contributed by atoms with Crippen molar-refractivity contribution in [2.75, 3.05) is 5.32 Å². The highest BCUT2D eigenvalue weighted by Gasteiger charge is 2.27. The third-order valence-corrected chi connectivity index (χ3v) is 7.27. The maximum atomic E-state index is 5.95. The summed E-state index contributed by atoms with van der Waals surface area (Å²) in [4.78, 5) is 0. The van der Waals surface area contributed by atoms with E-state index in [0.29, 0.717) is 0 Å². The molecule has 0 bridgehead atoms. The minimum absolute atomic E-state index is 0.611. The SMILES string of the molecule is Cl[SiH2]c1ccc(Nc2ccc([Si](Cl)(Cl)Cl)cc2)cc1. The van der Waals surface area contributed by atoms with E-state index in [-0.39, 0.29) is 0 Å². The number of hydrogen-bond acceptors (Lipinski definition) is 1. The summed E-state index contributed by atoms with van der Waals surface area (Å²) in [5.74, 6) is 0. The standard InChI is InChI=1S/C12H11Cl4NSi2/c13-18-11-5-1-9(2-6-11)17-10-3-7-12(8-4-10)19(14,15)16/h1-8,17H,18H2. The lowest BCUT2D eigenvalue weighted by atomic mass is 10.2. The van der Waals surface area contributed by atoms with Crippen molar-refractivity contribution in [1.82, 2.24) is 0 Å². The number of halogens is 4. The molecule has 2 aromatic carbocycles. The molecule has 0 atom stereocenters. The van der Waals surface area contributed by atoms with Gasteiger partial charge in [0.1, 0.15) is 0 Å². The summed E-state index contributed by atoms with van der Waals surface area (Å²) in [7, 11) is -0.611. The van der Waals surface area contributed by atoms with Gasteiger partial charge in [-0.15, -0.1) is 33.2 Å². The second-order valence-electron chi connectivity index (χ2n) is 4.03. The zero-order chi connectivity index (χ0) is 13.9. The number of nitrogens with one attached hydrogen (secondary N) is 1. The maximum Gasteiger partial charge on any atom is 0.372 e. The van der Waals surface area contributed by atoms with Crippen molar-refractivity contribution in [3.63, 3.8) is 0 Å². The van der Waals surface area contributed by atoms with Gasteiger partial charge in [-0.05, 0) is 34.6 Å². The van der Waals surface area contributed by atoms with Crippen molar-refractivity contribution in [2.24, 2.45) is 0 Å². The normalized spacial score (nSPS) is 12.0. The van der Waals surface area contributed by atoms with Crippen molar-refractivity contribution in [3.8, 4) is 0 Å². The molecule has 19 heavy (non-hydrogen) atoms. The molecule has 1 nitrogen and oxygen atoms in total. The van der Waals surface area contributed by atoms with Crippen LogP contribution in [0.25, 0.3) is 0 Å². The van der Waals surface area contributed by atoms with Gasteiger partial charge in [0.05, 0.1) is 0 Å². The van der Waals surface area contributed by atoms with Crippen molar-refractivity contribution >= 4 is 80.9 Å². The monoisotopic (exact) mass is 365 g/mol. The van der Waals surface area contributed by atoms with Gasteiger partial charge in [0.15, 0.2) is 8.83 Å². The Hall–Kier alpha value is -0.166. The average molecular weight is 367 g/mol. The van der Waals surface area contributed by atoms with Crippen LogP contribution in [0.3, 0.4) is 0 Å². The second-order valence-corrected chi connectivity index (χ2v) is 14.3. The van der Waals surface area contributed by atoms with Crippen molar-refractivity contribution < 1.29 is 0 Å². The van der Waals surface area contributed by atoms with Gasteiger partial charge < -0.3 is 5.32 Å². The lowest BCUT2D eigenvalue weighted by Crippen LogP contribution is -2.29. The molecular weight excluding hydrogens is 356 g/mol. The Morgan fingerprint density at radius 1 is 0.789 bits per heavy atom. The first-order valence-corrected chi connectivity index (χ1v) is 13.5. The molecule has 0 saturated heterocycles. The van der Waals surface area contributed by atoms with Gasteiger partial charge in [-0.1, -0.05) is 24.3 Å². The molecule has 2 rings (SSSR count). The summed E-state index contributed by atoms with van der Waals surface area (Å²) in [5, 5.41) is 5.30. The van der Waals surface area contributed by atoms with Crippen LogP contribution in [0, 0.1) is 0 Å². The molecule has 7 heteroatoms. The summed E-state index contributed by atoms with van der Waals surface area (Å²) in [6.45, 7) is 0. The minimum atomic E-state index is -2.78. The molecule has 0 fully saturated rings. The lowest BCUT2D eigenvalue weighted by Gasteiger charge is -2.10. The van der Waals surface area contributed by atoms with E-state index in [4.69, 9.17) is 44.3 Å². The first-order chi connectivity index (χ1) is 8.99. The Labute approximate surface area is 134 Å². The highest BCUT2D eigenvalue weighted by Crippen LogP contribution is 2.21. The minimum Gasteiger partial charge on any atom is -0.356 e. The van der Waals surface area contributed by atoms with E-state index in [9.17, 15) is 0 Å². The Bertz CT molecular complexity index is 537. The fourth-order valence-electron chi connectivity index (χ4n) is 1.59. The summed E-state index contributed by atoms with van der Waals surface area (Å²) >= 11 is 23.7. The Morgan fingerprint density at radius 2 is 1.26 bits per heavy atom. The highest BCUT2D eigenvalue weighted by atomic mass is 35.8. The number of rotatable bonds is 4. The van der Waals surface area contributed by atoms with Crippen molar-refractivity contribution in [1.29, 1.82) is 0 Å². The van der Waals surface area contributed by atoms with Gasteiger partial charge in [0.25, 0.3) is 0 Å². The molecule has 1 N–H and O–H groups in total. The van der Waals surface area contributed by atoms with E-state index < -0.39 is 14.8 Å². The van der Waals surface area contributed by atoms with Crippen LogP contribution < -0.4 is 15.7 Å². The molecule has 0 aliphatic heterocycles. The molecule has 0 radical (unpaired) electrons. The smallest absolute Gasteiger partial charge is 0.356 e. The molecule has 2 aromatic rings. The van der Waals surface area contributed by atoms with Crippen molar-refractivity contribution in [2.45, 2.75) is 0 Å². The number of benzene rings is 2. The van der Waals surface area contributed by atoms with E-state index >= 15 is 0 Å². The first-order valence-electron chi connectivity index (χ1n) is 5.58. The Balaban J connectivity index is 2.10. The van der Waals surface area contributed by atoms with E-state index in [1.165, 1.54) is 5.19 Å². The highest BCUT2D eigenvalue weighted by molar-refractivity contribution is 7.69. The third kappa shape index (κ3) is 4.41. The van der Waals surface area contributed by atoms with Crippen LogP contribution in [0.15, 0.2) is 48.5 Å². The topological polar surface area (TPSA) is 12.0 Å². The predicted molar refractivity (Wildman–Crippen MR) is 93.1 cm³/mol. The van der Waals surface area contributed by atoms with Crippen LogP contribution in [-0.2, 0) is 0 Å². The second kappa shape index (κ2) is 6.52. The van der Waals surface area contributed by atoms with Crippen LogP contribution in [0.2, 0.25) is 0 Å². The fourth-order valence-corrected chi connectivity index (χ4v) is 4.21. The van der Waals surface area contributed by atoms with Crippen LogP contribution in [0.5, 0.6) is 0 Å². The molecule has 0 amide bonds. The fraction of sp³-hybridized carbons (Fsp3) is 0. The largest absolute Gasteiger partial charge is 0.372 e. The van der Waals surface area contributed by atoms with Gasteiger partial charge in [-0.25, -0.2) is 0 Å². The van der Waals surface area contributed by atoms with Crippen molar-refractivity contribution in [3.05, 3.63) is 48.5 Å². The quantitative estimate of drug-likeness (QED) is 0.646. The van der Waals surface area contributed by atoms with E-state index in [1.54, 1.807) is 0 Å². The zero-order valence-corrected chi connectivity index (χ0v) is 15.3. The third-order valence-electron chi connectivity index (χ3n) is 2.61. The number of anilines is 2. The van der Waals surface area contributed by atoms with E-state index in [1.807, 2.05) is 48.5 Å². The Kier molecular flexibility index (Phi) is 5.23. The zero-order valence-electron chi connectivity index (χ0n) is 9.84. The molecule has 100 valence electrons. The summed E-state index contributed by atoms with van der Waals surface area (Å²) in [5.41, 5.74) is 1.98. The van der Waals surface area contributed by atoms with Crippen LogP contribution in [-0.4, -0.2) is 14.8 Å². The molecule has 0 aromatic heterocycles. The molecule has 0 saturated carbocycles. The van der Waals surface area contributed by atoms with Crippen LogP contribution in [0.4, 0.5) is 11.4 Å². The summed E-state index contributed by atoms with van der Waals surface area (Å²) in [6.07, 6.45) is 0. The van der Waals surface area contributed by atoms with Crippen LogP contribution in [0.1, 0.15) is 0 Å². The summed E-state index contributed by atoms with van der Waals surface area (Å²) < 4.78 is 0. The molecule has 0 aliphatic carbocycles. The maximum absolute atomic E-state index is 5.95. The lowest BCUT2D eigenvalue weighted by molar-refractivity contribution is 1.57. The molecule has 0 heterocycles. The first kappa shape index (κ1) is 15.2. The molecule has 0 spiro atoms. The van der Waals surface area contributed by atoms with Gasteiger partial charge in [-0.3, -0.25) is 0 Å². The van der Waals surface area contributed by atoms with Gasteiger partial charge in [0.2, 0.25) is 0 Å². The summed E-state index contributed by atoms with van der Waals surface area (Å²) in [6, 6.07) is 12.9. The molecule has 0 aliphatic rings. The Morgan fingerprint density at radius 3 is 1.68 bits per heavy atom. The van der Waals surface area contributed by atoms with Crippen LogP contribution >= 0.6 is 44.3 Å². The molecule has 0 unspecified atom stereocenters.